The Bertz CT molecular complexity index is 1260. The maximum atomic E-state index is 5.71. The van der Waals surface area contributed by atoms with Crippen LogP contribution in [0.1, 0.15) is 0 Å². The normalized spacial score (nSPS) is 12.4. The summed E-state index contributed by atoms with van der Waals surface area (Å²) in [5.74, 6) is 2.40. The van der Waals surface area contributed by atoms with Crippen LogP contribution >= 0.6 is 0 Å². The highest BCUT2D eigenvalue weighted by atomic mass is 16.7. The third-order valence-corrected chi connectivity index (χ3v) is 5.45. The van der Waals surface area contributed by atoms with Gasteiger partial charge >= 0.3 is 0 Å². The van der Waals surface area contributed by atoms with E-state index in [0.717, 1.165) is 50.6 Å². The zero-order valence-corrected chi connectivity index (χ0v) is 16.2. The van der Waals surface area contributed by atoms with Crippen molar-refractivity contribution in [2.24, 2.45) is 0 Å². The molecule has 1 aliphatic rings. The molecule has 0 unspecified atom stereocenters. The van der Waals surface area contributed by atoms with Crippen LogP contribution in [0.4, 0.5) is 0 Å². The van der Waals surface area contributed by atoms with Crippen LogP contribution in [0.3, 0.4) is 0 Å². The molecule has 6 rings (SSSR count). The zero-order chi connectivity index (χ0) is 19.9. The van der Waals surface area contributed by atoms with E-state index in [0.29, 0.717) is 0 Å². The van der Waals surface area contributed by atoms with Gasteiger partial charge in [0.1, 0.15) is 5.82 Å². The lowest BCUT2D eigenvalue weighted by Crippen LogP contribution is -1.99. The van der Waals surface area contributed by atoms with Crippen molar-refractivity contribution in [3.63, 3.8) is 0 Å². The average Bonchev–Trinajstić information content (AvgIpc) is 3.41. The Morgan fingerprint density at radius 2 is 1.37 bits per heavy atom. The second-order valence-electron chi connectivity index (χ2n) is 7.20. The van der Waals surface area contributed by atoms with Gasteiger partial charge in [-0.1, -0.05) is 66.7 Å². The van der Waals surface area contributed by atoms with Gasteiger partial charge in [-0.05, 0) is 29.3 Å². The summed E-state index contributed by atoms with van der Waals surface area (Å²) in [7, 11) is 0. The van der Waals surface area contributed by atoms with Gasteiger partial charge in [0.25, 0.3) is 0 Å². The molecule has 0 saturated carbocycles. The van der Waals surface area contributed by atoms with Crippen molar-refractivity contribution in [1.82, 2.24) is 9.55 Å². The number of ether oxygens (including phenoxy) is 2. The molecule has 4 heteroatoms. The van der Waals surface area contributed by atoms with Crippen LogP contribution in [0, 0.1) is 0 Å². The predicted octanol–water partition coefficient (Wildman–Crippen LogP) is 6.09. The molecule has 2 aromatic heterocycles. The first-order valence-corrected chi connectivity index (χ1v) is 9.90. The number of nitrogens with zero attached hydrogens (tertiary/aromatic N) is 2. The Morgan fingerprint density at radius 1 is 0.700 bits per heavy atom. The van der Waals surface area contributed by atoms with Gasteiger partial charge in [-0.15, -0.1) is 0 Å². The van der Waals surface area contributed by atoms with E-state index in [1.807, 2.05) is 36.5 Å². The highest BCUT2D eigenvalue weighted by molar-refractivity contribution is 6.06. The largest absolute Gasteiger partial charge is 0.454 e. The number of rotatable bonds is 3. The Hall–Kier alpha value is -4.05. The van der Waals surface area contributed by atoms with Crippen LogP contribution in [0.15, 0.2) is 97.2 Å². The summed E-state index contributed by atoms with van der Waals surface area (Å²) in [6, 6.07) is 31.1. The molecule has 0 fully saturated rings. The highest BCUT2D eigenvalue weighted by Crippen LogP contribution is 2.46. The van der Waals surface area contributed by atoms with Gasteiger partial charge in [0.2, 0.25) is 6.79 Å². The first-order chi connectivity index (χ1) is 14.9. The maximum absolute atomic E-state index is 5.71. The molecule has 0 spiro atoms. The molecule has 0 radical (unpaired) electrons. The van der Waals surface area contributed by atoms with Gasteiger partial charge in [0.05, 0.1) is 11.2 Å². The lowest BCUT2D eigenvalue weighted by molar-refractivity contribution is 0.174. The van der Waals surface area contributed by atoms with E-state index >= 15 is 0 Å². The van der Waals surface area contributed by atoms with E-state index in [-0.39, 0.29) is 6.79 Å². The topological polar surface area (TPSA) is 36.3 Å². The molecule has 0 atom stereocenters. The third-order valence-electron chi connectivity index (χ3n) is 5.45. The molecular formula is C26H18N2O2. The lowest BCUT2D eigenvalue weighted by atomic mass is 9.98. The number of aromatic nitrogens is 2. The van der Waals surface area contributed by atoms with Crippen molar-refractivity contribution in [1.29, 1.82) is 0 Å². The van der Waals surface area contributed by atoms with Gasteiger partial charge < -0.3 is 9.47 Å². The number of hydrogen-bond acceptors (Lipinski definition) is 3. The molecule has 0 aliphatic carbocycles. The monoisotopic (exact) mass is 390 g/mol. The summed E-state index contributed by atoms with van der Waals surface area (Å²) in [6.07, 6.45) is 1.82. The second-order valence-corrected chi connectivity index (χ2v) is 7.20. The van der Waals surface area contributed by atoms with Gasteiger partial charge in [0, 0.05) is 23.2 Å². The predicted molar refractivity (Wildman–Crippen MR) is 118 cm³/mol. The van der Waals surface area contributed by atoms with E-state index in [4.69, 9.17) is 9.47 Å². The van der Waals surface area contributed by atoms with Crippen LogP contribution in [0.25, 0.3) is 39.1 Å². The summed E-state index contributed by atoms with van der Waals surface area (Å²) in [4.78, 5) is 4.68. The van der Waals surface area contributed by atoms with Crippen molar-refractivity contribution >= 4 is 10.9 Å². The molecule has 0 amide bonds. The molecule has 4 nitrogen and oxygen atoms in total. The van der Waals surface area contributed by atoms with Crippen LogP contribution < -0.4 is 9.47 Å². The summed E-state index contributed by atoms with van der Waals surface area (Å²) >= 11 is 0. The van der Waals surface area contributed by atoms with Crippen molar-refractivity contribution < 1.29 is 9.47 Å². The SMILES string of the molecule is c1ccc(-c2c(-c3ccccc3)n(-c3ccccn3)c3cc4c(cc23)OCO4)cc1. The molecule has 0 bridgehead atoms. The van der Waals surface area contributed by atoms with Crippen molar-refractivity contribution in [2.45, 2.75) is 0 Å². The third kappa shape index (κ3) is 2.58. The maximum Gasteiger partial charge on any atom is 0.231 e. The Balaban J connectivity index is 1.81. The van der Waals surface area contributed by atoms with Gasteiger partial charge in [-0.25, -0.2) is 4.98 Å². The van der Waals surface area contributed by atoms with Crippen molar-refractivity contribution in [2.75, 3.05) is 6.79 Å². The standard InChI is InChI=1S/C26H18N2O2/c1-3-9-18(10-4-1)25-20-15-22-23(30-17-29-22)16-21(20)28(24-13-7-8-14-27-24)26(25)19-11-5-2-6-12-19/h1-16H,17H2. The minimum atomic E-state index is 0.248. The van der Waals surface area contributed by atoms with Crippen molar-refractivity contribution in [3.05, 3.63) is 97.2 Å². The second kappa shape index (κ2) is 6.78. The highest BCUT2D eigenvalue weighted by Gasteiger charge is 2.25. The fraction of sp³-hybridized carbons (Fsp3) is 0.0385. The molecule has 5 aromatic rings. The number of fused-ring (bicyclic) bond motifs is 2. The summed E-state index contributed by atoms with van der Waals surface area (Å²) in [6.45, 7) is 0.248. The molecule has 3 aromatic carbocycles. The molecular weight excluding hydrogens is 372 g/mol. The quantitative estimate of drug-likeness (QED) is 0.374. The summed E-state index contributed by atoms with van der Waals surface area (Å²) in [5, 5.41) is 1.11. The lowest BCUT2D eigenvalue weighted by Gasteiger charge is -2.12. The van der Waals surface area contributed by atoms with Gasteiger partial charge in [-0.3, -0.25) is 4.57 Å². The Morgan fingerprint density at radius 3 is 2.07 bits per heavy atom. The number of pyridine rings is 1. The zero-order valence-electron chi connectivity index (χ0n) is 16.2. The van der Waals surface area contributed by atoms with Crippen LogP contribution in [-0.4, -0.2) is 16.3 Å². The summed E-state index contributed by atoms with van der Waals surface area (Å²) in [5.41, 5.74) is 5.56. The fourth-order valence-electron chi connectivity index (χ4n) is 4.17. The van der Waals surface area contributed by atoms with Gasteiger partial charge in [0.15, 0.2) is 11.5 Å². The molecule has 1 aliphatic heterocycles. The van der Waals surface area contributed by atoms with Crippen LogP contribution in [0.5, 0.6) is 11.5 Å². The molecule has 30 heavy (non-hydrogen) atoms. The fourth-order valence-corrected chi connectivity index (χ4v) is 4.17. The minimum absolute atomic E-state index is 0.248. The molecule has 0 saturated heterocycles. The molecule has 0 N–H and O–H groups in total. The smallest absolute Gasteiger partial charge is 0.231 e. The molecule has 144 valence electrons. The number of hydrogen-bond donors (Lipinski definition) is 0. The molecule has 3 heterocycles. The minimum Gasteiger partial charge on any atom is -0.454 e. The Kier molecular flexibility index (Phi) is 3.81. The van der Waals surface area contributed by atoms with Crippen LogP contribution in [-0.2, 0) is 0 Å². The van der Waals surface area contributed by atoms with Crippen molar-refractivity contribution in [3.8, 4) is 39.7 Å². The van der Waals surface area contributed by atoms with E-state index in [1.165, 1.54) is 0 Å². The van der Waals surface area contributed by atoms with E-state index in [9.17, 15) is 0 Å². The van der Waals surface area contributed by atoms with E-state index in [2.05, 4.69) is 70.2 Å². The summed E-state index contributed by atoms with van der Waals surface area (Å²) < 4.78 is 13.6. The van der Waals surface area contributed by atoms with Gasteiger partial charge in [-0.2, -0.15) is 0 Å². The van der Waals surface area contributed by atoms with E-state index in [1.54, 1.807) is 0 Å². The average molecular weight is 390 g/mol. The first kappa shape index (κ1) is 16.9. The first-order valence-electron chi connectivity index (χ1n) is 9.90. The Labute approximate surface area is 174 Å². The number of benzene rings is 3. The van der Waals surface area contributed by atoms with Crippen LogP contribution in [0.2, 0.25) is 0 Å². The van der Waals surface area contributed by atoms with E-state index < -0.39 is 0 Å².